The number of aromatic hydroxyl groups is 1. The number of hydrogen-bond acceptors (Lipinski definition) is 4. The van der Waals surface area contributed by atoms with Gasteiger partial charge in [-0.1, -0.05) is 54.6 Å². The minimum atomic E-state index is -4.38. The van der Waals surface area contributed by atoms with Crippen LogP contribution in [0.15, 0.2) is 97.1 Å². The number of phenolic OH excluding ortho intramolecular Hbond substituents is 1. The molecule has 1 fully saturated rings. The molecule has 0 spiro atoms. The van der Waals surface area contributed by atoms with Crippen LogP contribution in [0.3, 0.4) is 0 Å². The highest BCUT2D eigenvalue weighted by atomic mass is 31.2. The summed E-state index contributed by atoms with van der Waals surface area (Å²) in [6.07, 6.45) is -0.157. The third-order valence-electron chi connectivity index (χ3n) is 7.56. The van der Waals surface area contributed by atoms with Crippen LogP contribution in [0, 0.1) is 5.82 Å². The third kappa shape index (κ3) is 5.89. The first-order valence-electron chi connectivity index (χ1n) is 13.1. The summed E-state index contributed by atoms with van der Waals surface area (Å²) in [5.74, 6) is -0.433. The van der Waals surface area contributed by atoms with E-state index < -0.39 is 31.6 Å². The number of carbonyl (C=O) groups is 1. The summed E-state index contributed by atoms with van der Waals surface area (Å²) >= 11 is 0. The maximum atomic E-state index is 13.6. The highest BCUT2D eigenvalue weighted by Gasteiger charge is 2.46. The van der Waals surface area contributed by atoms with Gasteiger partial charge in [-0.2, -0.15) is 0 Å². The Hall–Kier alpha value is -4.01. The first-order chi connectivity index (χ1) is 19.5. The number of aliphatic hydroxyl groups is 1. The molecule has 0 aromatic heterocycles. The first kappa shape index (κ1) is 28.5. The van der Waals surface area contributed by atoms with Gasteiger partial charge in [0.05, 0.1) is 23.5 Å². The van der Waals surface area contributed by atoms with Gasteiger partial charge < -0.3 is 24.9 Å². The molecule has 4 aromatic rings. The van der Waals surface area contributed by atoms with Crippen LogP contribution < -0.4 is 10.2 Å². The lowest BCUT2D eigenvalue weighted by atomic mass is 9.91. The average Bonchev–Trinajstić information content (AvgIpc) is 3.21. The van der Waals surface area contributed by atoms with E-state index in [1.807, 2.05) is 30.3 Å². The molecule has 2 amide bonds. The summed E-state index contributed by atoms with van der Waals surface area (Å²) in [7, 11) is -2.68. The molecular weight excluding hydrogens is 546 g/mol. The van der Waals surface area contributed by atoms with Gasteiger partial charge >= 0.3 is 13.6 Å². The summed E-state index contributed by atoms with van der Waals surface area (Å²) in [6.45, 7) is 0. The van der Waals surface area contributed by atoms with Crippen molar-refractivity contribution in [3.05, 3.63) is 114 Å². The van der Waals surface area contributed by atoms with Gasteiger partial charge in [0.15, 0.2) is 0 Å². The first-order valence-corrected chi connectivity index (χ1v) is 14.7. The number of para-hydroxylation sites is 1. The predicted octanol–water partition coefficient (Wildman–Crippen LogP) is 5.50. The fourth-order valence-corrected chi connectivity index (χ4v) is 5.91. The number of phenols is 1. The van der Waals surface area contributed by atoms with Crippen LogP contribution >= 0.6 is 7.60 Å². The fourth-order valence-electron chi connectivity index (χ4n) is 5.37. The smallest absolute Gasteiger partial charge is 0.356 e. The summed E-state index contributed by atoms with van der Waals surface area (Å²) in [5, 5.41) is 22.0. The molecule has 1 heterocycles. The molecule has 10 heteroatoms. The number of aliphatic hydroxyl groups excluding tert-OH is 1. The van der Waals surface area contributed by atoms with Gasteiger partial charge in [-0.15, -0.1) is 0 Å². The normalized spacial score (nSPS) is 18.1. The Morgan fingerprint density at radius 1 is 0.902 bits per heavy atom. The number of anilines is 1. The molecule has 1 saturated heterocycles. The van der Waals surface area contributed by atoms with Gasteiger partial charge in [-0.3, -0.25) is 9.46 Å². The molecule has 4 aromatic carbocycles. The van der Waals surface area contributed by atoms with E-state index in [9.17, 15) is 33.7 Å². The monoisotopic (exact) mass is 576 g/mol. The Morgan fingerprint density at radius 3 is 2.15 bits per heavy atom. The van der Waals surface area contributed by atoms with Gasteiger partial charge in [0.2, 0.25) is 0 Å². The highest BCUT2D eigenvalue weighted by Crippen LogP contribution is 2.44. The summed E-state index contributed by atoms with van der Waals surface area (Å²) in [4.78, 5) is 35.6. The lowest BCUT2D eigenvalue weighted by Crippen LogP contribution is -2.31. The van der Waals surface area contributed by atoms with Crippen LogP contribution in [-0.4, -0.2) is 44.0 Å². The van der Waals surface area contributed by atoms with E-state index in [1.54, 1.807) is 47.2 Å². The number of rotatable bonds is 8. The molecule has 0 bridgehead atoms. The predicted molar refractivity (Wildman–Crippen MR) is 154 cm³/mol. The summed E-state index contributed by atoms with van der Waals surface area (Å²) < 4.78 is 24.9. The van der Waals surface area contributed by atoms with Crippen molar-refractivity contribution >= 4 is 24.6 Å². The van der Waals surface area contributed by atoms with Gasteiger partial charge in [0, 0.05) is 18.3 Å². The minimum absolute atomic E-state index is 0.0420. The van der Waals surface area contributed by atoms with Crippen LogP contribution in [0.25, 0.3) is 11.1 Å². The van der Waals surface area contributed by atoms with Crippen molar-refractivity contribution in [3.8, 4) is 16.9 Å². The minimum Gasteiger partial charge on any atom is -0.508 e. The molecule has 0 aliphatic carbocycles. The zero-order valence-corrected chi connectivity index (χ0v) is 23.1. The number of likely N-dealkylation sites (N-methyl/N-ethyl adjacent to an activating group) is 1. The molecular formula is C31H30FN2O6P. The molecule has 0 radical (unpaired) electrons. The van der Waals surface area contributed by atoms with E-state index in [4.69, 9.17) is 0 Å². The van der Waals surface area contributed by atoms with E-state index >= 15 is 0 Å². The Labute approximate surface area is 237 Å². The molecule has 41 heavy (non-hydrogen) atoms. The summed E-state index contributed by atoms with van der Waals surface area (Å²) in [5.41, 5.74) is 3.04. The average molecular weight is 577 g/mol. The van der Waals surface area contributed by atoms with Crippen molar-refractivity contribution in [3.63, 3.8) is 0 Å². The van der Waals surface area contributed by atoms with Crippen molar-refractivity contribution in [1.29, 1.82) is 0 Å². The van der Waals surface area contributed by atoms with Crippen LogP contribution in [-0.2, 0) is 4.57 Å². The van der Waals surface area contributed by atoms with Crippen LogP contribution in [0.4, 0.5) is 14.9 Å². The second-order valence-corrected chi connectivity index (χ2v) is 11.7. The van der Waals surface area contributed by atoms with Gasteiger partial charge in [0.1, 0.15) is 11.6 Å². The van der Waals surface area contributed by atoms with Crippen molar-refractivity contribution < 1.29 is 33.7 Å². The Bertz CT molecular complexity index is 1580. The second kappa shape index (κ2) is 11.5. The number of nitrogens with zero attached hydrogens (tertiary/aromatic N) is 2. The molecule has 5 rings (SSSR count). The van der Waals surface area contributed by atoms with Gasteiger partial charge in [0.25, 0.3) is 0 Å². The quantitative estimate of drug-likeness (QED) is 0.206. The SMILES string of the molecule is CN1C(=O)N(c2ccccc2)[C@H](c2ccc(-c3ccc(P(=O)(O)O)cc3)cc2O)[C@@H]1CC[C@H](O)c1ccc(F)cc1. The molecule has 1 aliphatic rings. The van der Waals surface area contributed by atoms with Gasteiger partial charge in [-0.05, 0) is 72.0 Å². The number of benzene rings is 4. The van der Waals surface area contributed by atoms with Crippen molar-refractivity contribution in [2.75, 3.05) is 11.9 Å². The van der Waals surface area contributed by atoms with Crippen LogP contribution in [0.1, 0.15) is 36.1 Å². The van der Waals surface area contributed by atoms with Crippen molar-refractivity contribution in [1.82, 2.24) is 4.90 Å². The largest absolute Gasteiger partial charge is 0.508 e. The fraction of sp³-hybridized carbons (Fsp3) is 0.194. The maximum Gasteiger partial charge on any atom is 0.356 e. The summed E-state index contributed by atoms with van der Waals surface area (Å²) in [6, 6.07) is 24.5. The number of urea groups is 1. The Balaban J connectivity index is 1.48. The lowest BCUT2D eigenvalue weighted by Gasteiger charge is -2.29. The Morgan fingerprint density at radius 2 is 1.54 bits per heavy atom. The van der Waals surface area contributed by atoms with E-state index in [0.29, 0.717) is 40.8 Å². The van der Waals surface area contributed by atoms with E-state index in [0.717, 1.165) is 0 Å². The molecule has 0 saturated carbocycles. The lowest BCUT2D eigenvalue weighted by molar-refractivity contribution is 0.148. The van der Waals surface area contributed by atoms with Crippen molar-refractivity contribution in [2.24, 2.45) is 0 Å². The standard InChI is InChI=1S/C31H30FN2O6P/c1-33-27(17-18-28(35)21-7-12-23(32)13-8-21)30(34(31(33)37)24-5-3-2-4-6-24)26-16-11-22(19-29(26)36)20-9-14-25(15-10-20)41(38,39)40/h2-16,19,27-28,30,35-36H,17-18H2,1H3,(H2,38,39,40)/t27-,28-,30+/m0/s1. The number of hydrogen-bond donors (Lipinski definition) is 4. The zero-order chi connectivity index (χ0) is 29.3. The third-order valence-corrected chi connectivity index (χ3v) is 8.53. The molecule has 3 atom stereocenters. The van der Waals surface area contributed by atoms with E-state index in [2.05, 4.69) is 0 Å². The highest BCUT2D eigenvalue weighted by molar-refractivity contribution is 7.60. The van der Waals surface area contributed by atoms with E-state index in [1.165, 1.54) is 36.4 Å². The van der Waals surface area contributed by atoms with E-state index in [-0.39, 0.29) is 17.1 Å². The molecule has 1 aliphatic heterocycles. The number of carbonyl (C=O) groups excluding carboxylic acids is 1. The topological polar surface area (TPSA) is 122 Å². The second-order valence-electron chi connectivity index (χ2n) is 10.1. The molecule has 212 valence electrons. The maximum absolute atomic E-state index is 13.6. The molecule has 4 N–H and O–H groups in total. The van der Waals surface area contributed by atoms with Crippen LogP contribution in [0.2, 0.25) is 0 Å². The zero-order valence-electron chi connectivity index (χ0n) is 22.2. The number of amides is 2. The van der Waals surface area contributed by atoms with Crippen LogP contribution in [0.5, 0.6) is 5.75 Å². The molecule has 0 unspecified atom stereocenters. The van der Waals surface area contributed by atoms with Gasteiger partial charge in [-0.25, -0.2) is 9.18 Å². The number of halogens is 1. The Kier molecular flexibility index (Phi) is 7.98. The van der Waals surface area contributed by atoms with Crippen molar-refractivity contribution in [2.45, 2.75) is 31.0 Å². The molecule has 8 nitrogen and oxygen atoms in total.